The third-order valence-electron chi connectivity index (χ3n) is 1.63. The first-order valence-corrected chi connectivity index (χ1v) is 5.49. The van der Waals surface area contributed by atoms with Crippen molar-refractivity contribution < 1.29 is 35.3 Å². The molecular formula is C8H7F4NaO4S. The van der Waals surface area contributed by atoms with Gasteiger partial charge in [-0.1, -0.05) is 0 Å². The summed E-state index contributed by atoms with van der Waals surface area (Å²) >= 11 is 0. The van der Waals surface area contributed by atoms with Gasteiger partial charge in [0.15, 0.2) is 0 Å². The molecule has 1 aromatic carbocycles. The molecule has 0 saturated carbocycles. The summed E-state index contributed by atoms with van der Waals surface area (Å²) in [6, 6.07) is 2.93. The van der Waals surface area contributed by atoms with Crippen molar-refractivity contribution in [2.24, 2.45) is 0 Å². The Morgan fingerprint density at radius 2 is 1.61 bits per heavy atom. The van der Waals surface area contributed by atoms with E-state index in [2.05, 4.69) is 4.74 Å². The van der Waals surface area contributed by atoms with Crippen molar-refractivity contribution in [1.29, 1.82) is 0 Å². The third-order valence-corrected chi connectivity index (χ3v) is 2.50. The second-order valence-electron chi connectivity index (χ2n) is 2.91. The fourth-order valence-corrected chi connectivity index (χ4v) is 1.36. The third kappa shape index (κ3) is 4.73. The molecule has 1 N–H and O–H groups in total. The van der Waals surface area contributed by atoms with Crippen molar-refractivity contribution in [3.8, 4) is 5.75 Å². The minimum atomic E-state index is -4.67. The Morgan fingerprint density at radius 3 is 1.94 bits per heavy atom. The Balaban J connectivity index is 0.00000289. The summed E-state index contributed by atoms with van der Waals surface area (Å²) < 4.78 is 81.8. The molecule has 0 aromatic heterocycles. The van der Waals surface area contributed by atoms with E-state index in [9.17, 15) is 26.0 Å². The fraction of sp³-hybridized carbons (Fsp3) is 0.250. The summed E-state index contributed by atoms with van der Waals surface area (Å²) in [5.74, 6) is -0.650. The Labute approximate surface area is 122 Å². The van der Waals surface area contributed by atoms with E-state index in [0.717, 1.165) is 24.3 Å². The summed E-state index contributed by atoms with van der Waals surface area (Å²) in [6.45, 7) is 0. The first-order chi connectivity index (χ1) is 7.63. The van der Waals surface area contributed by atoms with Crippen LogP contribution < -0.4 is 4.74 Å². The molecule has 1 aromatic rings. The summed E-state index contributed by atoms with van der Waals surface area (Å²) in [7, 11) is -4.47. The molecule has 0 fully saturated rings. The number of rotatable bonds is 4. The first kappa shape index (κ1) is 17.6. The Hall–Kier alpha value is -0.350. The summed E-state index contributed by atoms with van der Waals surface area (Å²) in [5.41, 5.74) is 0. The molecule has 0 aliphatic heterocycles. The quantitative estimate of drug-likeness (QED) is 0.520. The van der Waals surface area contributed by atoms with Gasteiger partial charge in [-0.25, -0.2) is 0 Å². The fourth-order valence-electron chi connectivity index (χ4n) is 0.881. The van der Waals surface area contributed by atoms with Gasteiger partial charge in [-0.05, 0) is 24.3 Å². The van der Waals surface area contributed by atoms with Gasteiger partial charge in [0, 0.05) is 0 Å². The number of benzene rings is 1. The number of halogens is 4. The van der Waals surface area contributed by atoms with Crippen LogP contribution >= 0.6 is 0 Å². The van der Waals surface area contributed by atoms with E-state index in [-0.39, 0.29) is 29.6 Å². The van der Waals surface area contributed by atoms with E-state index in [1.807, 2.05) is 0 Å². The van der Waals surface area contributed by atoms with E-state index in [1.54, 1.807) is 0 Å². The molecular weight excluding hydrogens is 291 g/mol. The second kappa shape index (κ2) is 6.20. The number of hydrogen-bond acceptors (Lipinski definition) is 3. The molecule has 0 radical (unpaired) electrons. The van der Waals surface area contributed by atoms with Crippen molar-refractivity contribution in [3.63, 3.8) is 0 Å². The topological polar surface area (TPSA) is 63.6 Å². The molecule has 0 bridgehead atoms. The average molecular weight is 298 g/mol. The SMILES string of the molecule is O=S(=O)(O)c1ccc(OC(F)(F)C(F)F)cc1.[NaH]. The van der Waals surface area contributed by atoms with Crippen LogP contribution in [0.3, 0.4) is 0 Å². The van der Waals surface area contributed by atoms with Gasteiger partial charge in [0.05, 0.1) is 4.90 Å². The molecule has 1 rings (SSSR count). The predicted molar refractivity (Wildman–Crippen MR) is 55.0 cm³/mol. The summed E-state index contributed by atoms with van der Waals surface area (Å²) in [6.07, 6.45) is -8.68. The molecule has 0 unspecified atom stereocenters. The molecule has 4 nitrogen and oxygen atoms in total. The van der Waals surface area contributed by atoms with Gasteiger partial charge in [-0.15, -0.1) is 0 Å². The van der Waals surface area contributed by atoms with Crippen molar-refractivity contribution in [1.82, 2.24) is 0 Å². The van der Waals surface area contributed by atoms with Crippen molar-refractivity contribution in [2.75, 3.05) is 0 Å². The molecule has 10 heteroatoms. The molecule has 0 aliphatic carbocycles. The zero-order valence-electron chi connectivity index (χ0n) is 7.98. The van der Waals surface area contributed by atoms with Gasteiger partial charge in [0.2, 0.25) is 0 Å². The van der Waals surface area contributed by atoms with Crippen LogP contribution in [0.5, 0.6) is 5.75 Å². The molecule has 0 atom stereocenters. The number of alkyl halides is 4. The van der Waals surface area contributed by atoms with Gasteiger partial charge < -0.3 is 4.74 Å². The van der Waals surface area contributed by atoms with Gasteiger partial charge in [0.1, 0.15) is 5.75 Å². The van der Waals surface area contributed by atoms with E-state index in [0.29, 0.717) is 0 Å². The van der Waals surface area contributed by atoms with Gasteiger partial charge in [-0.3, -0.25) is 4.55 Å². The Kier molecular flexibility index (Phi) is 6.08. The molecule has 98 valence electrons. The Morgan fingerprint density at radius 1 is 1.17 bits per heavy atom. The normalized spacial score (nSPS) is 12.1. The van der Waals surface area contributed by atoms with Crippen molar-refractivity contribution in [3.05, 3.63) is 24.3 Å². The minimum absolute atomic E-state index is 0. The zero-order chi connectivity index (χ0) is 13.3. The molecule has 0 aliphatic rings. The molecule has 18 heavy (non-hydrogen) atoms. The van der Waals surface area contributed by atoms with Gasteiger partial charge >= 0.3 is 42.1 Å². The summed E-state index contributed by atoms with van der Waals surface area (Å²) in [4.78, 5) is -0.565. The number of hydrogen-bond donors (Lipinski definition) is 1. The maximum atomic E-state index is 12.4. The standard InChI is InChI=1S/C8H6F4O4S.Na.H/c9-7(10)8(11,12)16-5-1-3-6(4-2-5)17(13,14)15;;/h1-4,7H,(H,13,14,15);;. The van der Waals surface area contributed by atoms with Gasteiger partial charge in [-0.2, -0.15) is 26.0 Å². The van der Waals surface area contributed by atoms with Crippen LogP contribution in [0.15, 0.2) is 29.2 Å². The van der Waals surface area contributed by atoms with E-state index in [1.165, 1.54) is 0 Å². The van der Waals surface area contributed by atoms with Crippen LogP contribution in [0.2, 0.25) is 0 Å². The van der Waals surface area contributed by atoms with Crippen LogP contribution in [0.25, 0.3) is 0 Å². The first-order valence-electron chi connectivity index (χ1n) is 4.05. The van der Waals surface area contributed by atoms with E-state index >= 15 is 0 Å². The van der Waals surface area contributed by atoms with Crippen molar-refractivity contribution in [2.45, 2.75) is 17.4 Å². The monoisotopic (exact) mass is 298 g/mol. The van der Waals surface area contributed by atoms with E-state index < -0.39 is 33.3 Å². The number of ether oxygens (including phenoxy) is 1. The molecule has 0 spiro atoms. The second-order valence-corrected chi connectivity index (χ2v) is 4.33. The van der Waals surface area contributed by atoms with E-state index in [4.69, 9.17) is 4.55 Å². The molecule has 0 amide bonds. The van der Waals surface area contributed by atoms with Crippen LogP contribution in [0.1, 0.15) is 0 Å². The molecule has 0 saturated heterocycles. The zero-order valence-corrected chi connectivity index (χ0v) is 8.80. The van der Waals surface area contributed by atoms with Crippen molar-refractivity contribution >= 4 is 39.7 Å². The van der Waals surface area contributed by atoms with Gasteiger partial charge in [0.25, 0.3) is 10.1 Å². The average Bonchev–Trinajstić information content (AvgIpc) is 2.16. The summed E-state index contributed by atoms with van der Waals surface area (Å²) in [5, 5.41) is 0. The van der Waals surface area contributed by atoms with Crippen LogP contribution in [0, 0.1) is 0 Å². The van der Waals surface area contributed by atoms with Crippen LogP contribution in [-0.2, 0) is 10.1 Å². The maximum absolute atomic E-state index is 12.4. The molecule has 0 heterocycles. The predicted octanol–water partition coefficient (Wildman–Crippen LogP) is 1.52. The Bertz CT molecular complexity index is 488. The van der Waals surface area contributed by atoms with Crippen LogP contribution in [0.4, 0.5) is 17.6 Å². The van der Waals surface area contributed by atoms with Crippen LogP contribution in [-0.4, -0.2) is 55.1 Å².